The zero-order valence-electron chi connectivity index (χ0n) is 17.4. The van der Waals surface area contributed by atoms with Gasteiger partial charge in [-0.05, 0) is 42.8 Å². The predicted molar refractivity (Wildman–Crippen MR) is 123 cm³/mol. The minimum atomic E-state index is -0.0329. The topological polar surface area (TPSA) is 66.3 Å². The predicted octanol–water partition coefficient (Wildman–Crippen LogP) is 3.91. The summed E-state index contributed by atoms with van der Waals surface area (Å²) in [5, 5.41) is 3.01. The highest BCUT2D eigenvalue weighted by atomic mass is 79.9. The van der Waals surface area contributed by atoms with E-state index in [2.05, 4.69) is 42.6 Å². The molecule has 0 aliphatic carbocycles. The van der Waals surface area contributed by atoms with Crippen molar-refractivity contribution in [2.45, 2.75) is 26.8 Å². The van der Waals surface area contributed by atoms with E-state index in [4.69, 9.17) is 4.98 Å². The van der Waals surface area contributed by atoms with E-state index in [9.17, 15) is 4.79 Å². The molecule has 1 aliphatic heterocycles. The van der Waals surface area contributed by atoms with Crippen LogP contribution in [0, 0.1) is 6.92 Å². The molecule has 0 unspecified atom stereocenters. The Morgan fingerprint density at radius 2 is 1.97 bits per heavy atom. The van der Waals surface area contributed by atoms with Crippen LogP contribution in [0.5, 0.6) is 0 Å². The first-order chi connectivity index (χ1) is 14.5. The van der Waals surface area contributed by atoms with Crippen LogP contribution in [0.3, 0.4) is 0 Å². The molecule has 158 valence electrons. The molecule has 1 N–H and O–H groups in total. The van der Waals surface area contributed by atoms with Gasteiger partial charge in [-0.2, -0.15) is 0 Å². The summed E-state index contributed by atoms with van der Waals surface area (Å²) < 4.78 is 3.27. The zero-order valence-corrected chi connectivity index (χ0v) is 19.0. The van der Waals surface area contributed by atoms with Crippen LogP contribution >= 0.6 is 15.9 Å². The van der Waals surface area contributed by atoms with E-state index in [0.717, 1.165) is 78.4 Å². The van der Waals surface area contributed by atoms with Gasteiger partial charge < -0.3 is 14.8 Å². The molecule has 1 aromatic carbocycles. The van der Waals surface area contributed by atoms with Gasteiger partial charge in [0.05, 0.1) is 0 Å². The maximum atomic E-state index is 12.6. The van der Waals surface area contributed by atoms with Crippen molar-refractivity contribution >= 4 is 38.8 Å². The normalized spacial score (nSPS) is 15.0. The molecule has 1 aliphatic rings. The highest BCUT2D eigenvalue weighted by Crippen LogP contribution is 2.20. The van der Waals surface area contributed by atoms with Gasteiger partial charge in [-0.25, -0.2) is 14.8 Å². The van der Waals surface area contributed by atoms with Gasteiger partial charge in [-0.3, -0.25) is 4.90 Å². The molecular formula is C22H27BrN6O. The molecule has 2 amide bonds. The average Bonchev–Trinajstić information content (AvgIpc) is 3.13. The summed E-state index contributed by atoms with van der Waals surface area (Å²) in [4.78, 5) is 26.1. The Bertz CT molecular complexity index is 1040. The second kappa shape index (κ2) is 9.14. The van der Waals surface area contributed by atoms with E-state index < -0.39 is 0 Å². The summed E-state index contributed by atoms with van der Waals surface area (Å²) in [5.41, 5.74) is 3.84. The Labute approximate surface area is 185 Å². The third-order valence-corrected chi connectivity index (χ3v) is 6.50. The summed E-state index contributed by atoms with van der Waals surface area (Å²) in [6.45, 7) is 9.12. The SMILES string of the molecule is CCc1nc2cccnc2n1CCN1CCN(C(=O)Nc2ccc(Br)c(C)c2)CC1. The summed E-state index contributed by atoms with van der Waals surface area (Å²) in [7, 11) is 0. The fraction of sp³-hybridized carbons (Fsp3) is 0.409. The third kappa shape index (κ3) is 4.49. The van der Waals surface area contributed by atoms with E-state index in [1.807, 2.05) is 48.4 Å². The average molecular weight is 471 g/mol. The van der Waals surface area contributed by atoms with Crippen LogP contribution < -0.4 is 5.32 Å². The second-order valence-corrected chi connectivity index (χ2v) is 8.46. The van der Waals surface area contributed by atoms with E-state index in [1.165, 1.54) is 0 Å². The molecule has 2 aromatic heterocycles. The van der Waals surface area contributed by atoms with E-state index in [0.29, 0.717) is 0 Å². The first kappa shape index (κ1) is 20.8. The number of carbonyl (C=O) groups excluding carboxylic acids is 1. The fourth-order valence-electron chi connectivity index (χ4n) is 3.85. The number of urea groups is 1. The van der Waals surface area contributed by atoms with Gasteiger partial charge in [0.2, 0.25) is 0 Å². The van der Waals surface area contributed by atoms with Crippen LogP contribution in [-0.2, 0) is 13.0 Å². The van der Waals surface area contributed by atoms with Crippen LogP contribution in [0.25, 0.3) is 11.2 Å². The van der Waals surface area contributed by atoms with Crippen LogP contribution in [0.1, 0.15) is 18.3 Å². The minimum Gasteiger partial charge on any atom is -0.322 e. The number of hydrogen-bond acceptors (Lipinski definition) is 4. The molecule has 1 fully saturated rings. The monoisotopic (exact) mass is 470 g/mol. The molecule has 0 radical (unpaired) electrons. The lowest BCUT2D eigenvalue weighted by atomic mass is 10.2. The highest BCUT2D eigenvalue weighted by Gasteiger charge is 2.21. The minimum absolute atomic E-state index is 0.0329. The number of imidazole rings is 1. The third-order valence-electron chi connectivity index (χ3n) is 5.61. The number of nitrogens with one attached hydrogen (secondary N) is 1. The number of hydrogen-bond donors (Lipinski definition) is 1. The quantitative estimate of drug-likeness (QED) is 0.613. The van der Waals surface area contributed by atoms with Crippen LogP contribution in [0.4, 0.5) is 10.5 Å². The Morgan fingerprint density at radius 3 is 2.70 bits per heavy atom. The van der Waals surface area contributed by atoms with Gasteiger partial charge in [-0.1, -0.05) is 22.9 Å². The number of fused-ring (bicyclic) bond motifs is 1. The number of carbonyl (C=O) groups is 1. The maximum absolute atomic E-state index is 12.6. The molecule has 1 saturated heterocycles. The van der Waals surface area contributed by atoms with Crippen molar-refractivity contribution in [3.63, 3.8) is 0 Å². The molecule has 0 spiro atoms. The van der Waals surface area contributed by atoms with Gasteiger partial charge in [-0.15, -0.1) is 0 Å². The fourth-order valence-corrected chi connectivity index (χ4v) is 4.10. The van der Waals surface area contributed by atoms with E-state index >= 15 is 0 Å². The number of anilines is 1. The summed E-state index contributed by atoms with van der Waals surface area (Å²) in [6.07, 6.45) is 2.71. The van der Waals surface area contributed by atoms with Crippen molar-refractivity contribution in [3.8, 4) is 0 Å². The maximum Gasteiger partial charge on any atom is 0.321 e. The summed E-state index contributed by atoms with van der Waals surface area (Å²) in [5.74, 6) is 1.08. The van der Waals surface area contributed by atoms with Crippen molar-refractivity contribution in [2.75, 3.05) is 38.0 Å². The van der Waals surface area contributed by atoms with Gasteiger partial charge in [0.15, 0.2) is 5.65 Å². The zero-order chi connectivity index (χ0) is 21.1. The number of aryl methyl sites for hydroxylation is 2. The molecule has 0 atom stereocenters. The van der Waals surface area contributed by atoms with Crippen molar-refractivity contribution in [2.24, 2.45) is 0 Å². The molecule has 30 heavy (non-hydrogen) atoms. The lowest BCUT2D eigenvalue weighted by molar-refractivity contribution is 0.144. The van der Waals surface area contributed by atoms with Crippen molar-refractivity contribution in [1.82, 2.24) is 24.3 Å². The first-order valence-electron chi connectivity index (χ1n) is 10.4. The number of halogens is 1. The van der Waals surface area contributed by atoms with Crippen LogP contribution in [-0.4, -0.2) is 63.1 Å². The Balaban J connectivity index is 1.31. The number of amides is 2. The number of rotatable bonds is 5. The van der Waals surface area contributed by atoms with Gasteiger partial charge >= 0.3 is 6.03 Å². The lowest BCUT2D eigenvalue weighted by Gasteiger charge is -2.34. The van der Waals surface area contributed by atoms with Crippen molar-refractivity contribution in [3.05, 3.63) is 52.4 Å². The second-order valence-electron chi connectivity index (χ2n) is 7.60. The van der Waals surface area contributed by atoms with Crippen LogP contribution in [0.2, 0.25) is 0 Å². The Kier molecular flexibility index (Phi) is 6.34. The first-order valence-corrected chi connectivity index (χ1v) is 11.2. The molecule has 0 bridgehead atoms. The Hall–Kier alpha value is -2.45. The van der Waals surface area contributed by atoms with E-state index in [-0.39, 0.29) is 6.03 Å². The molecule has 0 saturated carbocycles. The van der Waals surface area contributed by atoms with Gasteiger partial charge in [0.25, 0.3) is 0 Å². The Morgan fingerprint density at radius 1 is 1.17 bits per heavy atom. The molecular weight excluding hydrogens is 444 g/mol. The number of aromatic nitrogens is 3. The van der Waals surface area contributed by atoms with Gasteiger partial charge in [0, 0.05) is 62.0 Å². The molecule has 7 nitrogen and oxygen atoms in total. The lowest BCUT2D eigenvalue weighted by Crippen LogP contribution is -2.50. The molecule has 3 aromatic rings. The number of pyridine rings is 1. The number of piperazine rings is 1. The molecule has 4 rings (SSSR count). The number of nitrogens with zero attached hydrogens (tertiary/aromatic N) is 5. The summed E-state index contributed by atoms with van der Waals surface area (Å²) >= 11 is 3.49. The smallest absolute Gasteiger partial charge is 0.321 e. The standard InChI is InChI=1S/C22H27BrN6O/c1-3-20-26-19-5-4-8-24-21(19)29(20)14-11-27-9-12-28(13-10-27)22(30)25-17-6-7-18(23)16(2)15-17/h4-8,15H,3,9-14H2,1-2H3,(H,25,30). The van der Waals surface area contributed by atoms with E-state index in [1.54, 1.807) is 0 Å². The highest BCUT2D eigenvalue weighted by molar-refractivity contribution is 9.10. The molecule has 8 heteroatoms. The van der Waals surface area contributed by atoms with Crippen molar-refractivity contribution in [1.29, 1.82) is 0 Å². The van der Waals surface area contributed by atoms with Crippen LogP contribution in [0.15, 0.2) is 41.0 Å². The van der Waals surface area contributed by atoms with Gasteiger partial charge in [0.1, 0.15) is 11.3 Å². The van der Waals surface area contributed by atoms with Crippen molar-refractivity contribution < 1.29 is 4.79 Å². The summed E-state index contributed by atoms with van der Waals surface area (Å²) in [6, 6.07) is 9.77. The molecule has 3 heterocycles. The largest absolute Gasteiger partial charge is 0.322 e. The number of benzene rings is 1.